The van der Waals surface area contributed by atoms with Crippen molar-refractivity contribution in [2.24, 2.45) is 0 Å². The number of carbonyl (C=O) groups excluding carboxylic acids is 1. The van der Waals surface area contributed by atoms with Crippen LogP contribution >= 0.6 is 11.6 Å². The molecular formula is C23H21ClN2O4S. The van der Waals surface area contributed by atoms with Gasteiger partial charge >= 0.3 is 0 Å². The number of amides is 1. The molecule has 0 aliphatic carbocycles. The van der Waals surface area contributed by atoms with Crippen LogP contribution in [-0.2, 0) is 16.4 Å². The van der Waals surface area contributed by atoms with Crippen molar-refractivity contribution in [3.8, 4) is 5.75 Å². The van der Waals surface area contributed by atoms with Gasteiger partial charge in [-0.3, -0.25) is 9.10 Å². The number of carbonyl (C=O) groups is 1. The van der Waals surface area contributed by atoms with Crippen molar-refractivity contribution in [3.63, 3.8) is 0 Å². The molecule has 4 rings (SSSR count). The lowest BCUT2D eigenvalue weighted by atomic mass is 10.1. The van der Waals surface area contributed by atoms with Crippen LogP contribution in [0.3, 0.4) is 0 Å². The van der Waals surface area contributed by atoms with Crippen LogP contribution in [0.25, 0.3) is 0 Å². The lowest BCUT2D eigenvalue weighted by Gasteiger charge is -2.24. The second kappa shape index (κ2) is 8.24. The molecular weight excluding hydrogens is 436 g/mol. The van der Waals surface area contributed by atoms with Gasteiger partial charge < -0.3 is 10.1 Å². The fourth-order valence-corrected chi connectivity index (χ4v) is 5.76. The van der Waals surface area contributed by atoms with Crippen molar-refractivity contribution < 1.29 is 17.9 Å². The number of sulfonamides is 1. The van der Waals surface area contributed by atoms with E-state index in [4.69, 9.17) is 16.3 Å². The fraction of sp³-hybridized carbons (Fsp3) is 0.174. The number of halogens is 1. The first-order valence-electron chi connectivity index (χ1n) is 9.68. The number of methoxy groups -OCH3 is 1. The summed E-state index contributed by atoms with van der Waals surface area (Å²) >= 11 is 6.11. The summed E-state index contributed by atoms with van der Waals surface area (Å²) in [4.78, 5) is 12.8. The minimum absolute atomic E-state index is 0.0662. The minimum atomic E-state index is -3.83. The summed E-state index contributed by atoms with van der Waals surface area (Å²) in [7, 11) is -2.33. The van der Waals surface area contributed by atoms with Crippen molar-refractivity contribution >= 4 is 38.9 Å². The molecule has 0 saturated heterocycles. The van der Waals surface area contributed by atoms with Crippen LogP contribution in [0.1, 0.15) is 22.8 Å². The van der Waals surface area contributed by atoms with Crippen molar-refractivity contribution in [1.82, 2.24) is 0 Å². The number of hydrogen-bond donors (Lipinski definition) is 1. The maximum Gasteiger partial charge on any atom is 0.264 e. The second-order valence-corrected chi connectivity index (χ2v) is 9.54. The van der Waals surface area contributed by atoms with Crippen LogP contribution in [0, 0.1) is 0 Å². The first-order valence-corrected chi connectivity index (χ1v) is 11.5. The number of rotatable bonds is 5. The highest BCUT2D eigenvalue weighted by atomic mass is 35.5. The molecule has 0 fully saturated rings. The predicted octanol–water partition coefficient (Wildman–Crippen LogP) is 4.74. The molecule has 0 bridgehead atoms. The zero-order valence-corrected chi connectivity index (χ0v) is 18.6. The Morgan fingerprint density at radius 2 is 1.87 bits per heavy atom. The summed E-state index contributed by atoms with van der Waals surface area (Å²) in [5.74, 6) is 0.0564. The van der Waals surface area contributed by atoms with E-state index < -0.39 is 15.9 Å². The predicted molar refractivity (Wildman–Crippen MR) is 122 cm³/mol. The molecule has 1 atom stereocenters. The monoisotopic (exact) mass is 456 g/mol. The van der Waals surface area contributed by atoms with Crippen LogP contribution in [0.5, 0.6) is 5.75 Å². The van der Waals surface area contributed by atoms with Gasteiger partial charge in [-0.25, -0.2) is 8.42 Å². The molecule has 0 saturated carbocycles. The molecule has 3 aromatic carbocycles. The summed E-state index contributed by atoms with van der Waals surface area (Å²) in [5, 5.41) is 3.10. The third-order valence-electron chi connectivity index (χ3n) is 5.21. The highest BCUT2D eigenvalue weighted by molar-refractivity contribution is 7.92. The highest BCUT2D eigenvalue weighted by Gasteiger charge is 2.36. The number of benzene rings is 3. The van der Waals surface area contributed by atoms with E-state index in [2.05, 4.69) is 5.32 Å². The Balaban J connectivity index is 1.62. The van der Waals surface area contributed by atoms with E-state index in [1.54, 1.807) is 36.4 Å². The fourth-order valence-electron chi connectivity index (χ4n) is 3.76. The number of fused-ring (bicyclic) bond motifs is 1. The van der Waals surface area contributed by atoms with Gasteiger partial charge in [-0.15, -0.1) is 0 Å². The van der Waals surface area contributed by atoms with Gasteiger partial charge in [0.15, 0.2) is 0 Å². The van der Waals surface area contributed by atoms with Gasteiger partial charge in [0.25, 0.3) is 15.9 Å². The van der Waals surface area contributed by atoms with Gasteiger partial charge in [-0.2, -0.15) is 0 Å². The number of hydrogen-bond acceptors (Lipinski definition) is 4. The first-order chi connectivity index (χ1) is 14.8. The maximum absolute atomic E-state index is 13.4. The van der Waals surface area contributed by atoms with Crippen LogP contribution in [0.4, 0.5) is 11.4 Å². The molecule has 1 aliphatic heterocycles. The van der Waals surface area contributed by atoms with Gasteiger partial charge in [0.2, 0.25) is 0 Å². The summed E-state index contributed by atoms with van der Waals surface area (Å²) in [6, 6.07) is 18.2. The lowest BCUT2D eigenvalue weighted by molar-refractivity contribution is 0.102. The largest absolute Gasteiger partial charge is 0.495 e. The molecule has 6 nitrogen and oxygen atoms in total. The van der Waals surface area contributed by atoms with E-state index in [1.165, 1.54) is 23.5 Å². The average Bonchev–Trinajstić information content (AvgIpc) is 3.10. The summed E-state index contributed by atoms with van der Waals surface area (Å²) in [6.45, 7) is 1.88. The van der Waals surface area contributed by atoms with Gasteiger partial charge in [0.05, 0.1) is 22.7 Å². The zero-order chi connectivity index (χ0) is 22.2. The van der Waals surface area contributed by atoms with E-state index in [1.807, 2.05) is 25.1 Å². The Hall–Kier alpha value is -3.03. The number of nitrogens with one attached hydrogen (secondary N) is 1. The normalized spacial score (nSPS) is 15.5. The Morgan fingerprint density at radius 1 is 1.10 bits per heavy atom. The molecule has 0 aromatic heterocycles. The molecule has 1 amide bonds. The molecule has 31 heavy (non-hydrogen) atoms. The van der Waals surface area contributed by atoms with Gasteiger partial charge in [-0.05, 0) is 61.4 Å². The van der Waals surface area contributed by atoms with Crippen molar-refractivity contribution in [1.29, 1.82) is 0 Å². The number of anilines is 2. The van der Waals surface area contributed by atoms with E-state index in [-0.39, 0.29) is 16.5 Å². The molecule has 0 radical (unpaired) electrons. The number of nitrogens with zero attached hydrogens (tertiary/aromatic N) is 1. The van der Waals surface area contributed by atoms with Gasteiger partial charge in [-0.1, -0.05) is 35.9 Å². The van der Waals surface area contributed by atoms with Gasteiger partial charge in [0, 0.05) is 17.3 Å². The Bertz CT molecular complexity index is 1260. The highest BCUT2D eigenvalue weighted by Crippen LogP contribution is 2.36. The third kappa shape index (κ3) is 3.98. The van der Waals surface area contributed by atoms with Crippen molar-refractivity contribution in [3.05, 3.63) is 82.9 Å². The summed E-state index contributed by atoms with van der Waals surface area (Å²) < 4.78 is 33.4. The quantitative estimate of drug-likeness (QED) is 0.601. The standard InChI is InChI=1S/C23H21ClN2O4S/c1-15-12-16-6-3-4-9-21(16)26(15)31(28,29)19-8-5-7-17(13-19)23(27)25-18-10-11-22(30-2)20(24)14-18/h3-11,13-15H,12H2,1-2H3,(H,25,27). The molecule has 3 aromatic rings. The maximum atomic E-state index is 13.4. The number of ether oxygens (including phenoxy) is 1. The molecule has 8 heteroatoms. The first kappa shape index (κ1) is 21.2. The van der Waals surface area contributed by atoms with E-state index in [9.17, 15) is 13.2 Å². The van der Waals surface area contributed by atoms with E-state index >= 15 is 0 Å². The molecule has 1 heterocycles. The van der Waals surface area contributed by atoms with Crippen LogP contribution in [0.2, 0.25) is 5.02 Å². The Morgan fingerprint density at radius 3 is 2.61 bits per heavy atom. The third-order valence-corrected chi connectivity index (χ3v) is 7.43. The molecule has 1 N–H and O–H groups in total. The van der Waals surface area contributed by atoms with Gasteiger partial charge in [0.1, 0.15) is 5.75 Å². The van der Waals surface area contributed by atoms with Crippen LogP contribution in [0.15, 0.2) is 71.6 Å². The Kier molecular flexibility index (Phi) is 5.64. The summed E-state index contributed by atoms with van der Waals surface area (Å²) in [5.41, 5.74) is 2.38. The smallest absolute Gasteiger partial charge is 0.264 e. The molecule has 0 spiro atoms. The minimum Gasteiger partial charge on any atom is -0.495 e. The molecule has 1 aliphatic rings. The number of para-hydroxylation sites is 1. The average molecular weight is 457 g/mol. The SMILES string of the molecule is COc1ccc(NC(=O)c2cccc(S(=O)(=O)N3c4ccccc4CC3C)c2)cc1Cl. The van der Waals surface area contributed by atoms with Crippen molar-refractivity contribution in [2.75, 3.05) is 16.7 Å². The van der Waals surface area contributed by atoms with Crippen molar-refractivity contribution in [2.45, 2.75) is 24.3 Å². The molecule has 1 unspecified atom stereocenters. The molecule has 160 valence electrons. The topological polar surface area (TPSA) is 75.7 Å². The zero-order valence-electron chi connectivity index (χ0n) is 17.0. The Labute approximate surface area is 186 Å². The van der Waals surface area contributed by atoms with Crippen LogP contribution in [-0.4, -0.2) is 27.5 Å². The van der Waals surface area contributed by atoms with Crippen LogP contribution < -0.4 is 14.4 Å². The second-order valence-electron chi connectivity index (χ2n) is 7.31. The van der Waals surface area contributed by atoms with E-state index in [0.29, 0.717) is 28.6 Å². The van der Waals surface area contributed by atoms with E-state index in [0.717, 1.165) is 5.56 Å². The summed E-state index contributed by atoms with van der Waals surface area (Å²) in [6.07, 6.45) is 0.647. The lowest BCUT2D eigenvalue weighted by Crippen LogP contribution is -2.35.